The summed E-state index contributed by atoms with van der Waals surface area (Å²) in [6, 6.07) is 5.05. The molecule has 0 saturated carbocycles. The summed E-state index contributed by atoms with van der Waals surface area (Å²) < 4.78 is 18.9. The first-order chi connectivity index (χ1) is 14.5. The zero-order valence-electron chi connectivity index (χ0n) is 17.2. The summed E-state index contributed by atoms with van der Waals surface area (Å²) in [6.07, 6.45) is 2.49. The number of carbonyl (C=O) groups excluding carboxylic acids is 1. The van der Waals surface area contributed by atoms with E-state index in [9.17, 15) is 9.18 Å². The molecule has 0 radical (unpaired) electrons. The van der Waals surface area contributed by atoms with Crippen LogP contribution in [0.15, 0.2) is 28.5 Å². The second kappa shape index (κ2) is 9.13. The van der Waals surface area contributed by atoms with E-state index in [1.165, 1.54) is 6.07 Å². The second-order valence-electron chi connectivity index (χ2n) is 7.20. The summed E-state index contributed by atoms with van der Waals surface area (Å²) in [5, 5.41) is 10.3. The van der Waals surface area contributed by atoms with Gasteiger partial charge in [-0.05, 0) is 6.42 Å². The van der Waals surface area contributed by atoms with Crippen LogP contribution in [0.2, 0.25) is 0 Å². The zero-order valence-corrected chi connectivity index (χ0v) is 20.2. The number of alkyl halides is 1. The summed E-state index contributed by atoms with van der Waals surface area (Å²) in [4.78, 5) is 19.7. The number of benzene rings is 1. The van der Waals surface area contributed by atoms with Crippen LogP contribution in [0.4, 0.5) is 10.1 Å². The van der Waals surface area contributed by atoms with Gasteiger partial charge in [0.1, 0.15) is 0 Å². The van der Waals surface area contributed by atoms with Crippen molar-refractivity contribution in [1.82, 2.24) is 18.0 Å². The van der Waals surface area contributed by atoms with Gasteiger partial charge < -0.3 is 4.57 Å². The molecule has 2 aromatic rings. The normalized spacial score (nSPS) is 18.2. The van der Waals surface area contributed by atoms with Gasteiger partial charge in [0, 0.05) is 11.8 Å². The quantitative estimate of drug-likeness (QED) is 0.308. The molecule has 0 spiro atoms. The minimum Gasteiger partial charge on any atom is -0.0830 e. The van der Waals surface area contributed by atoms with Crippen molar-refractivity contribution in [2.45, 2.75) is 43.8 Å². The van der Waals surface area contributed by atoms with Crippen molar-refractivity contribution in [2.75, 3.05) is 23.0 Å². The SMILES string of the molecule is CCc1nc2n(c1C(=O)NCc1ccc(N3CCN([I-]C)C=N3)c(F)c1)CC(C)S2. The van der Waals surface area contributed by atoms with Crippen molar-refractivity contribution < 1.29 is 30.7 Å². The molecule has 0 saturated heterocycles. The molecule has 0 bridgehead atoms. The number of fused-ring (bicyclic) bond motifs is 1. The number of thioether (sulfide) groups is 1. The number of halogens is 2. The van der Waals surface area contributed by atoms with E-state index in [-0.39, 0.29) is 39.7 Å². The Balaban J connectivity index is 1.44. The van der Waals surface area contributed by atoms with E-state index in [0.717, 1.165) is 23.9 Å². The number of aryl methyl sites for hydroxylation is 1. The van der Waals surface area contributed by atoms with E-state index < -0.39 is 0 Å². The Hall–Kier alpha value is -1.82. The number of imidazole rings is 1. The molecular weight excluding hydrogens is 518 g/mol. The number of carbonyl (C=O) groups is 1. The molecule has 1 unspecified atom stereocenters. The van der Waals surface area contributed by atoms with Gasteiger partial charge in [0.25, 0.3) is 0 Å². The standard InChI is InChI=1S/C20H25FIN6OS/c1-4-16-18(27-11-13(2)30-20(27)25-16)19(29)23-10-14-5-6-17(15(21)9-14)28-8-7-26(22-3)12-24-28/h5-6,9,12-13H,4,7-8,10-11H2,1-3H3,(H,23,29)/q-1. The third kappa shape index (κ3) is 4.29. The molecule has 4 rings (SSSR count). The first-order valence-electron chi connectivity index (χ1n) is 9.90. The second-order valence-corrected chi connectivity index (χ2v) is 10.8. The monoisotopic (exact) mass is 543 g/mol. The molecule has 1 aromatic heterocycles. The number of rotatable bonds is 6. The van der Waals surface area contributed by atoms with Crippen LogP contribution in [0, 0.1) is 5.82 Å². The maximum Gasteiger partial charge on any atom is 0.0374 e. The first kappa shape index (κ1) is 21.4. The smallest absolute Gasteiger partial charge is 0.0374 e. The summed E-state index contributed by atoms with van der Waals surface area (Å²) in [5.41, 5.74) is 2.62. The number of anilines is 1. The maximum atomic E-state index is 14.7. The first-order valence-corrected chi connectivity index (χ1v) is 13.9. The summed E-state index contributed by atoms with van der Waals surface area (Å²) in [6.45, 7) is 6.70. The van der Waals surface area contributed by atoms with Gasteiger partial charge in [-0.3, -0.25) is 0 Å². The van der Waals surface area contributed by atoms with Gasteiger partial charge in [-0.1, -0.05) is 25.6 Å². The van der Waals surface area contributed by atoms with E-state index in [0.29, 0.717) is 35.2 Å². The molecule has 2 aliphatic rings. The Bertz CT molecular complexity index is 980. The molecule has 0 fully saturated rings. The fourth-order valence-electron chi connectivity index (χ4n) is 3.58. The molecule has 7 nitrogen and oxygen atoms in total. The molecule has 1 N–H and O–H groups in total. The van der Waals surface area contributed by atoms with E-state index >= 15 is 0 Å². The van der Waals surface area contributed by atoms with Crippen LogP contribution in [0.3, 0.4) is 0 Å². The Labute approximate surface area is 190 Å². The topological polar surface area (TPSA) is 65.8 Å². The fourth-order valence-corrected chi connectivity index (χ4v) is 5.68. The van der Waals surface area contributed by atoms with Crippen LogP contribution >= 0.6 is 11.8 Å². The number of hydrazone groups is 1. The minimum atomic E-state index is -0.330. The largest absolute Gasteiger partial charge is 0.0830 e. The Kier molecular flexibility index (Phi) is 6.51. The molecular formula is C20H25FIN6OS-. The van der Waals surface area contributed by atoms with E-state index in [2.05, 4.69) is 30.4 Å². The van der Waals surface area contributed by atoms with Crippen LogP contribution < -0.4 is 31.8 Å². The maximum absolute atomic E-state index is 14.7. The van der Waals surface area contributed by atoms with E-state index in [4.69, 9.17) is 0 Å². The summed E-state index contributed by atoms with van der Waals surface area (Å²) in [5.74, 6) is -0.489. The van der Waals surface area contributed by atoms with E-state index in [1.54, 1.807) is 29.2 Å². The molecule has 162 valence electrons. The predicted octanol–water partition coefficient (Wildman–Crippen LogP) is -0.292. The van der Waals surface area contributed by atoms with Crippen molar-refractivity contribution in [2.24, 2.45) is 5.10 Å². The molecule has 0 aliphatic carbocycles. The van der Waals surface area contributed by atoms with Gasteiger partial charge in [-0.15, -0.1) is 0 Å². The molecule has 30 heavy (non-hydrogen) atoms. The van der Waals surface area contributed by atoms with Crippen LogP contribution in [0.1, 0.15) is 35.6 Å². The van der Waals surface area contributed by atoms with Crippen LogP contribution in [-0.2, 0) is 19.5 Å². The predicted molar refractivity (Wildman–Crippen MR) is 113 cm³/mol. The average molecular weight is 543 g/mol. The van der Waals surface area contributed by atoms with Gasteiger partial charge in [-0.25, -0.2) is 4.98 Å². The summed E-state index contributed by atoms with van der Waals surface area (Å²) in [7, 11) is 0. The molecule has 3 heterocycles. The summed E-state index contributed by atoms with van der Waals surface area (Å²) >= 11 is 1.66. The van der Waals surface area contributed by atoms with Crippen molar-refractivity contribution >= 4 is 29.7 Å². The fraction of sp³-hybridized carbons (Fsp3) is 0.450. The third-order valence-corrected chi connectivity index (χ3v) is 8.15. The Morgan fingerprint density at radius 2 is 2.23 bits per heavy atom. The van der Waals surface area contributed by atoms with Crippen molar-refractivity contribution in [3.63, 3.8) is 0 Å². The van der Waals surface area contributed by atoms with Gasteiger partial charge in [0.05, 0.1) is 5.69 Å². The third-order valence-electron chi connectivity index (χ3n) is 5.10. The average Bonchev–Trinajstić information content (AvgIpc) is 3.27. The molecule has 10 heteroatoms. The Morgan fingerprint density at radius 3 is 2.90 bits per heavy atom. The van der Waals surface area contributed by atoms with Crippen LogP contribution in [0.25, 0.3) is 0 Å². The van der Waals surface area contributed by atoms with Gasteiger partial charge in [0.2, 0.25) is 0 Å². The van der Waals surface area contributed by atoms with E-state index in [1.807, 2.05) is 17.6 Å². The number of hydrogen-bond donors (Lipinski definition) is 1. The minimum absolute atomic E-state index is 0.0368. The molecule has 2 aliphatic heterocycles. The molecule has 1 amide bonds. The van der Waals surface area contributed by atoms with Crippen molar-refractivity contribution in [1.29, 1.82) is 0 Å². The number of nitrogens with one attached hydrogen (secondary N) is 1. The number of hydrogen-bond acceptors (Lipinski definition) is 6. The number of amides is 1. The van der Waals surface area contributed by atoms with Crippen molar-refractivity contribution in [3.8, 4) is 0 Å². The van der Waals surface area contributed by atoms with Gasteiger partial charge in [-0.2, -0.15) is 0 Å². The van der Waals surface area contributed by atoms with Gasteiger partial charge in [0.15, 0.2) is 5.16 Å². The van der Waals surface area contributed by atoms with Crippen molar-refractivity contribution in [3.05, 3.63) is 41.0 Å². The molecule has 1 atom stereocenters. The van der Waals surface area contributed by atoms with Gasteiger partial charge >= 0.3 is 127 Å². The Morgan fingerprint density at radius 1 is 1.40 bits per heavy atom. The number of aromatic nitrogens is 2. The molecule has 1 aromatic carbocycles. The van der Waals surface area contributed by atoms with Crippen LogP contribution in [0.5, 0.6) is 0 Å². The van der Waals surface area contributed by atoms with Crippen LogP contribution in [-0.4, -0.2) is 48.2 Å². The number of nitrogens with zero attached hydrogens (tertiary/aromatic N) is 5. The zero-order chi connectivity index (χ0) is 21.3.